The molecule has 2 aromatic rings. The van der Waals surface area contributed by atoms with Gasteiger partial charge in [-0.2, -0.15) is 0 Å². The van der Waals surface area contributed by atoms with Gasteiger partial charge < -0.3 is 14.5 Å². The first-order valence-corrected chi connectivity index (χ1v) is 12.2. The highest BCUT2D eigenvalue weighted by Crippen LogP contribution is 2.57. The summed E-state index contributed by atoms with van der Waals surface area (Å²) in [6.07, 6.45) is 9.86. The molecule has 0 unspecified atom stereocenters. The molecule has 0 radical (unpaired) electrons. The molecule has 30 heavy (non-hydrogen) atoms. The predicted molar refractivity (Wildman–Crippen MR) is 123 cm³/mol. The minimum atomic E-state index is -0.000570. The molecular weight excluding hydrogens is 368 g/mol. The molecule has 2 aromatic carbocycles. The average molecular weight is 401 g/mol. The molecule has 0 N–H and O–H groups in total. The summed E-state index contributed by atoms with van der Waals surface area (Å²) in [6.45, 7) is 9.74. The van der Waals surface area contributed by atoms with Crippen molar-refractivity contribution in [1.29, 1.82) is 0 Å². The first-order valence-electron chi connectivity index (χ1n) is 12.2. The first-order chi connectivity index (χ1) is 14.6. The smallest absolute Gasteiger partial charge is 0.136 e. The molecule has 0 aliphatic carbocycles. The van der Waals surface area contributed by atoms with Gasteiger partial charge in [-0.05, 0) is 74.6 Å². The van der Waals surface area contributed by atoms with Crippen molar-refractivity contribution in [2.75, 3.05) is 36.0 Å². The van der Waals surface area contributed by atoms with Crippen molar-refractivity contribution in [2.24, 2.45) is 0 Å². The van der Waals surface area contributed by atoms with Gasteiger partial charge in [0, 0.05) is 65.2 Å². The predicted octanol–water partition coefficient (Wildman–Crippen LogP) is 5.52. The number of fused-ring (bicyclic) bond motifs is 4. The van der Waals surface area contributed by atoms with E-state index in [2.05, 4.69) is 35.8 Å². The third-order valence-electron chi connectivity index (χ3n) is 8.50. The number of benzene rings is 2. The third kappa shape index (κ3) is 2.16. The highest BCUT2D eigenvalue weighted by molar-refractivity contribution is 5.77. The van der Waals surface area contributed by atoms with Gasteiger partial charge in [0.05, 0.1) is 0 Å². The van der Waals surface area contributed by atoms with Crippen LogP contribution in [0, 0.1) is 0 Å². The average Bonchev–Trinajstić information content (AvgIpc) is 2.76. The van der Waals surface area contributed by atoms with Crippen LogP contribution in [0.3, 0.4) is 0 Å². The highest BCUT2D eigenvalue weighted by atomic mass is 16.5. The van der Waals surface area contributed by atoms with Crippen LogP contribution >= 0.6 is 0 Å². The molecule has 0 fully saturated rings. The van der Waals surface area contributed by atoms with E-state index in [0.29, 0.717) is 0 Å². The Kier molecular flexibility index (Phi) is 3.48. The highest BCUT2D eigenvalue weighted by Gasteiger charge is 2.42. The van der Waals surface area contributed by atoms with E-state index in [4.69, 9.17) is 4.74 Å². The number of hydrogen-bond donors (Lipinski definition) is 0. The maximum atomic E-state index is 7.00. The fraction of sp³-hybridized carbons (Fsp3) is 0.556. The van der Waals surface area contributed by atoms with Crippen LogP contribution in [0.4, 0.5) is 11.4 Å². The van der Waals surface area contributed by atoms with Crippen molar-refractivity contribution in [3.8, 4) is 11.5 Å². The van der Waals surface area contributed by atoms with E-state index in [1.165, 1.54) is 123 Å². The topological polar surface area (TPSA) is 15.7 Å². The summed E-state index contributed by atoms with van der Waals surface area (Å²) in [6, 6.07) is 5.04. The maximum absolute atomic E-state index is 7.00. The number of nitrogens with zero attached hydrogens (tertiary/aromatic N) is 2. The van der Waals surface area contributed by atoms with E-state index in [1.54, 1.807) is 11.1 Å². The summed E-state index contributed by atoms with van der Waals surface area (Å²) in [4.78, 5) is 5.28. The van der Waals surface area contributed by atoms with Crippen LogP contribution < -0.4 is 14.5 Å². The van der Waals surface area contributed by atoms with Gasteiger partial charge in [0.15, 0.2) is 0 Å². The summed E-state index contributed by atoms with van der Waals surface area (Å²) in [5.74, 6) is 2.42. The van der Waals surface area contributed by atoms with Crippen molar-refractivity contribution in [2.45, 2.75) is 70.6 Å². The molecule has 0 aromatic heterocycles. The molecule has 3 heteroatoms. The number of rotatable bonds is 0. The molecule has 7 rings (SSSR count). The summed E-state index contributed by atoms with van der Waals surface area (Å²) in [7, 11) is 0. The zero-order valence-electron chi connectivity index (χ0n) is 18.4. The zero-order chi connectivity index (χ0) is 20.0. The fourth-order valence-corrected chi connectivity index (χ4v) is 7.07. The van der Waals surface area contributed by atoms with Crippen molar-refractivity contribution in [3.05, 3.63) is 45.5 Å². The molecule has 5 heterocycles. The minimum Gasteiger partial charge on any atom is -0.456 e. The monoisotopic (exact) mass is 400 g/mol. The van der Waals surface area contributed by atoms with Gasteiger partial charge in [0.1, 0.15) is 11.5 Å². The lowest BCUT2D eigenvalue weighted by Crippen LogP contribution is -2.37. The van der Waals surface area contributed by atoms with Crippen molar-refractivity contribution in [1.82, 2.24) is 0 Å². The van der Waals surface area contributed by atoms with Gasteiger partial charge in [0.2, 0.25) is 0 Å². The molecule has 0 amide bonds. The van der Waals surface area contributed by atoms with Crippen molar-refractivity contribution < 1.29 is 4.74 Å². The molecule has 0 atom stereocenters. The molecule has 0 bridgehead atoms. The quantitative estimate of drug-likeness (QED) is 0.579. The van der Waals surface area contributed by atoms with E-state index < -0.39 is 0 Å². The minimum absolute atomic E-state index is 0.000570. The second-order valence-electron chi connectivity index (χ2n) is 10.6. The Hall–Kier alpha value is -2.16. The van der Waals surface area contributed by atoms with E-state index in [0.717, 1.165) is 0 Å². The Bertz CT molecular complexity index is 996. The molecular formula is C27H32N2O. The Labute approximate surface area is 180 Å². The summed E-state index contributed by atoms with van der Waals surface area (Å²) < 4.78 is 7.00. The second kappa shape index (κ2) is 5.96. The van der Waals surface area contributed by atoms with Gasteiger partial charge >= 0.3 is 0 Å². The number of anilines is 2. The van der Waals surface area contributed by atoms with Gasteiger partial charge in [-0.1, -0.05) is 13.8 Å². The van der Waals surface area contributed by atoms with Gasteiger partial charge in [-0.3, -0.25) is 0 Å². The molecule has 0 saturated heterocycles. The molecule has 0 spiro atoms. The maximum Gasteiger partial charge on any atom is 0.136 e. The second-order valence-corrected chi connectivity index (χ2v) is 10.6. The van der Waals surface area contributed by atoms with Crippen molar-refractivity contribution in [3.63, 3.8) is 0 Å². The summed E-state index contributed by atoms with van der Waals surface area (Å²) in [5, 5.41) is 0. The molecule has 0 saturated carbocycles. The lowest BCUT2D eigenvalue weighted by Gasteiger charge is -2.45. The van der Waals surface area contributed by atoms with E-state index in [-0.39, 0.29) is 5.41 Å². The number of hydrogen-bond acceptors (Lipinski definition) is 3. The lowest BCUT2D eigenvalue weighted by molar-refractivity contribution is 0.401. The van der Waals surface area contributed by atoms with Crippen LogP contribution in [0.15, 0.2) is 12.1 Å². The first kappa shape index (κ1) is 17.5. The fourth-order valence-electron chi connectivity index (χ4n) is 7.07. The van der Waals surface area contributed by atoms with E-state index in [9.17, 15) is 0 Å². The van der Waals surface area contributed by atoms with Crippen LogP contribution in [0.5, 0.6) is 11.5 Å². The van der Waals surface area contributed by atoms with Gasteiger partial charge in [-0.15, -0.1) is 0 Å². The Morgan fingerprint density at radius 2 is 1.10 bits per heavy atom. The van der Waals surface area contributed by atoms with Gasteiger partial charge in [0.25, 0.3) is 0 Å². The van der Waals surface area contributed by atoms with Crippen LogP contribution in [-0.4, -0.2) is 26.2 Å². The normalized spacial score (nSPS) is 22.5. The third-order valence-corrected chi connectivity index (χ3v) is 8.50. The van der Waals surface area contributed by atoms with Crippen LogP contribution in [-0.2, 0) is 31.1 Å². The van der Waals surface area contributed by atoms with Crippen LogP contribution in [0.25, 0.3) is 0 Å². The van der Waals surface area contributed by atoms with E-state index in [1.807, 2.05) is 0 Å². The van der Waals surface area contributed by atoms with Crippen LogP contribution in [0.2, 0.25) is 0 Å². The molecule has 5 aliphatic rings. The Balaban J connectivity index is 1.49. The zero-order valence-corrected chi connectivity index (χ0v) is 18.4. The SMILES string of the molecule is CC1(C)c2cc3c4c(c2Oc2c1cc1c5c2CCCN5CCC1)CCCN4CCC3. The largest absolute Gasteiger partial charge is 0.456 e. The Morgan fingerprint density at radius 1 is 0.667 bits per heavy atom. The van der Waals surface area contributed by atoms with Crippen molar-refractivity contribution >= 4 is 11.4 Å². The van der Waals surface area contributed by atoms with E-state index >= 15 is 0 Å². The Morgan fingerprint density at radius 3 is 1.57 bits per heavy atom. The summed E-state index contributed by atoms with van der Waals surface area (Å²) >= 11 is 0. The van der Waals surface area contributed by atoms with Gasteiger partial charge in [-0.25, -0.2) is 0 Å². The standard InChI is InChI=1S/C27H32N2O/c1-27(2)21-15-17-7-3-11-28-13-5-9-19(23(17)28)25(21)30-26-20-10-6-14-29-12-4-8-18(24(20)29)16-22(26)27/h15-16H,3-14H2,1-2H3. The molecule has 156 valence electrons. The number of aryl methyl sites for hydroxylation is 2. The molecule has 5 aliphatic heterocycles. The number of ether oxygens (including phenoxy) is 1. The summed E-state index contributed by atoms with van der Waals surface area (Å²) in [5.41, 5.74) is 12.1. The van der Waals surface area contributed by atoms with Crippen LogP contribution in [0.1, 0.15) is 72.9 Å². The molecule has 3 nitrogen and oxygen atoms in total. The lowest BCUT2D eigenvalue weighted by atomic mass is 9.71.